The van der Waals surface area contributed by atoms with Gasteiger partial charge in [0.2, 0.25) is 13.4 Å². The Morgan fingerprint density at radius 2 is 1.74 bits per heavy atom. The number of rotatable bonds is 4. The average Bonchev–Trinajstić information content (AvgIpc) is 2.45. The summed E-state index contributed by atoms with van der Waals surface area (Å²) in [5.74, 6) is 0. The Bertz CT molecular complexity index is 568. The molecule has 0 bridgehead atoms. The summed E-state index contributed by atoms with van der Waals surface area (Å²) in [5, 5.41) is 3.37. The molecule has 0 aromatic heterocycles. The first kappa shape index (κ1) is 13.1. The highest BCUT2D eigenvalue weighted by molar-refractivity contribution is 5.87. The number of aryl methyl sites for hydroxylation is 1. The molecule has 0 amide bonds. The van der Waals surface area contributed by atoms with Gasteiger partial charge in [0, 0.05) is 5.69 Å². The summed E-state index contributed by atoms with van der Waals surface area (Å²) < 4.78 is 4.89. The largest absolute Gasteiger partial charge is 0.433 e. The Morgan fingerprint density at radius 1 is 1.05 bits per heavy atom. The van der Waals surface area contributed by atoms with Crippen molar-refractivity contribution >= 4 is 17.7 Å². The highest BCUT2D eigenvalue weighted by Gasteiger charge is 1.95. The number of allylic oxidation sites excluding steroid dienone is 1. The van der Waals surface area contributed by atoms with Gasteiger partial charge >= 0.3 is 0 Å². The SMILES string of the molecule is C[O+]=[C-]/C=C(/Nc1ccccc1)c1ccc(C)cc1. The van der Waals surface area contributed by atoms with E-state index in [0.717, 1.165) is 16.9 Å². The van der Waals surface area contributed by atoms with E-state index in [1.807, 2.05) is 30.3 Å². The highest BCUT2D eigenvalue weighted by Crippen LogP contribution is 2.18. The monoisotopic (exact) mass is 251 g/mol. The summed E-state index contributed by atoms with van der Waals surface area (Å²) in [6.07, 6.45) is 4.56. The number of anilines is 1. The highest BCUT2D eigenvalue weighted by atomic mass is 16.4. The van der Waals surface area contributed by atoms with E-state index in [0.29, 0.717) is 0 Å². The van der Waals surface area contributed by atoms with Gasteiger partial charge in [-0.3, -0.25) is 0 Å². The fourth-order valence-corrected chi connectivity index (χ4v) is 1.72. The van der Waals surface area contributed by atoms with Crippen LogP contribution in [0.3, 0.4) is 0 Å². The molecular weight excluding hydrogens is 234 g/mol. The van der Waals surface area contributed by atoms with E-state index < -0.39 is 0 Å². The molecule has 0 unspecified atom stereocenters. The lowest BCUT2D eigenvalue weighted by atomic mass is 10.1. The molecule has 96 valence electrons. The zero-order valence-electron chi connectivity index (χ0n) is 11.2. The van der Waals surface area contributed by atoms with Crippen molar-refractivity contribution in [2.45, 2.75) is 6.92 Å². The molecule has 2 aromatic carbocycles. The first-order chi connectivity index (χ1) is 9.29. The zero-order valence-corrected chi connectivity index (χ0v) is 11.2. The van der Waals surface area contributed by atoms with E-state index in [-0.39, 0.29) is 0 Å². The van der Waals surface area contributed by atoms with Crippen molar-refractivity contribution in [3.05, 3.63) is 71.8 Å². The molecule has 0 aliphatic carbocycles. The van der Waals surface area contributed by atoms with Gasteiger partial charge in [-0.05, 0) is 19.1 Å². The van der Waals surface area contributed by atoms with Gasteiger partial charge in [0.1, 0.15) is 0 Å². The van der Waals surface area contributed by atoms with Crippen molar-refractivity contribution in [3.63, 3.8) is 0 Å². The van der Waals surface area contributed by atoms with Crippen LogP contribution in [0.5, 0.6) is 0 Å². The van der Waals surface area contributed by atoms with Crippen molar-refractivity contribution < 1.29 is 4.42 Å². The van der Waals surface area contributed by atoms with E-state index in [4.69, 9.17) is 4.42 Å². The number of benzene rings is 2. The van der Waals surface area contributed by atoms with Crippen molar-refractivity contribution in [1.29, 1.82) is 0 Å². The molecule has 0 aliphatic heterocycles. The smallest absolute Gasteiger partial charge is 0.229 e. The van der Waals surface area contributed by atoms with Gasteiger partial charge in [-0.2, -0.15) is 0 Å². The van der Waals surface area contributed by atoms with Gasteiger partial charge in [-0.1, -0.05) is 59.3 Å². The van der Waals surface area contributed by atoms with Crippen LogP contribution < -0.4 is 5.32 Å². The summed E-state index contributed by atoms with van der Waals surface area (Å²) in [7, 11) is 1.59. The van der Waals surface area contributed by atoms with Crippen molar-refractivity contribution in [2.75, 3.05) is 12.4 Å². The minimum Gasteiger partial charge on any atom is -0.433 e. The minimum atomic E-state index is 0.952. The lowest BCUT2D eigenvalue weighted by Gasteiger charge is -2.18. The van der Waals surface area contributed by atoms with Crippen LogP contribution in [-0.2, 0) is 4.42 Å². The van der Waals surface area contributed by atoms with Crippen molar-refractivity contribution in [3.8, 4) is 0 Å². The Morgan fingerprint density at radius 3 is 2.37 bits per heavy atom. The fourth-order valence-electron chi connectivity index (χ4n) is 1.72. The number of para-hydroxylation sites is 1. The van der Waals surface area contributed by atoms with Gasteiger partial charge in [0.25, 0.3) is 0 Å². The molecule has 19 heavy (non-hydrogen) atoms. The quantitative estimate of drug-likeness (QED) is 0.499. The summed E-state index contributed by atoms with van der Waals surface area (Å²) in [5.41, 5.74) is 4.32. The number of nitrogens with one attached hydrogen (secondary N) is 1. The van der Waals surface area contributed by atoms with Gasteiger partial charge < -0.3 is 9.74 Å². The van der Waals surface area contributed by atoms with Crippen LogP contribution in [0, 0.1) is 6.92 Å². The molecule has 0 radical (unpaired) electrons. The maximum atomic E-state index is 4.89. The van der Waals surface area contributed by atoms with E-state index >= 15 is 0 Å². The Labute approximate surface area is 114 Å². The third-order valence-electron chi connectivity index (χ3n) is 2.74. The maximum Gasteiger partial charge on any atom is 0.229 e. The molecular formula is C17H17NO. The summed E-state index contributed by atoms with van der Waals surface area (Å²) in [4.78, 5) is 0. The summed E-state index contributed by atoms with van der Waals surface area (Å²) >= 11 is 0. The Kier molecular flexibility index (Phi) is 4.51. The van der Waals surface area contributed by atoms with Gasteiger partial charge in [-0.15, -0.1) is 6.08 Å². The lowest BCUT2D eigenvalue weighted by Crippen LogP contribution is -1.99. The maximum absolute atomic E-state index is 4.89. The zero-order chi connectivity index (χ0) is 13.5. The van der Waals surface area contributed by atoms with Gasteiger partial charge in [0.15, 0.2) is 0 Å². The lowest BCUT2D eigenvalue weighted by molar-refractivity contribution is 0.186. The molecule has 0 saturated heterocycles. The van der Waals surface area contributed by atoms with Gasteiger partial charge in [0.05, 0.1) is 0 Å². The van der Waals surface area contributed by atoms with Crippen LogP contribution in [0.25, 0.3) is 5.70 Å². The van der Waals surface area contributed by atoms with E-state index in [1.165, 1.54) is 5.56 Å². The first-order valence-electron chi connectivity index (χ1n) is 6.17. The fraction of sp³-hybridized carbons (Fsp3) is 0.118. The van der Waals surface area contributed by atoms with E-state index in [9.17, 15) is 0 Å². The van der Waals surface area contributed by atoms with Crippen LogP contribution >= 0.6 is 0 Å². The minimum absolute atomic E-state index is 0.952. The molecule has 2 aromatic rings. The second-order valence-electron chi connectivity index (χ2n) is 4.24. The molecule has 2 heteroatoms. The molecule has 0 saturated carbocycles. The second-order valence-corrected chi connectivity index (χ2v) is 4.24. The molecule has 0 aliphatic rings. The van der Waals surface area contributed by atoms with Crippen LogP contribution in [-0.4, -0.2) is 13.4 Å². The Balaban J connectivity index is 2.29. The molecule has 0 heterocycles. The van der Waals surface area contributed by atoms with Crippen molar-refractivity contribution in [2.24, 2.45) is 0 Å². The molecule has 0 spiro atoms. The van der Waals surface area contributed by atoms with E-state index in [1.54, 1.807) is 13.2 Å². The predicted molar refractivity (Wildman–Crippen MR) is 80.8 cm³/mol. The molecule has 0 atom stereocenters. The third-order valence-corrected chi connectivity index (χ3v) is 2.74. The first-order valence-corrected chi connectivity index (χ1v) is 6.17. The third kappa shape index (κ3) is 3.81. The number of hydrogen-bond acceptors (Lipinski definition) is 1. The van der Waals surface area contributed by atoms with Crippen LogP contribution in [0.15, 0.2) is 60.7 Å². The molecule has 2 nitrogen and oxygen atoms in total. The van der Waals surface area contributed by atoms with Crippen LogP contribution in [0.1, 0.15) is 11.1 Å². The van der Waals surface area contributed by atoms with Crippen LogP contribution in [0.4, 0.5) is 5.69 Å². The predicted octanol–water partition coefficient (Wildman–Crippen LogP) is 3.72. The Hall–Kier alpha value is -2.35. The molecule has 1 N–H and O–H groups in total. The summed E-state index contributed by atoms with van der Waals surface area (Å²) in [6.45, 7) is 2.07. The van der Waals surface area contributed by atoms with E-state index in [2.05, 4.69) is 42.8 Å². The van der Waals surface area contributed by atoms with Crippen molar-refractivity contribution in [1.82, 2.24) is 0 Å². The molecule has 2 rings (SSSR count). The standard InChI is InChI=1S/C17H17NO/c1-14-8-10-15(11-9-14)17(12-13-19-2)18-16-6-4-3-5-7-16/h3-12,18H,1-2H3/b17-12+. The number of carbonyl (C=O) groups excluding carboxylic acids is 1. The molecule has 0 fully saturated rings. The second kappa shape index (κ2) is 6.55. The average molecular weight is 251 g/mol. The summed E-state index contributed by atoms with van der Waals surface area (Å²) in [6, 6.07) is 18.4. The number of hydrogen-bond donors (Lipinski definition) is 1. The topological polar surface area (TPSA) is 23.3 Å². The van der Waals surface area contributed by atoms with Crippen LogP contribution in [0.2, 0.25) is 0 Å². The van der Waals surface area contributed by atoms with Gasteiger partial charge in [-0.25, -0.2) is 0 Å². The normalized spacial score (nSPS) is 11.8.